The number of rotatable bonds is 5. The highest BCUT2D eigenvalue weighted by molar-refractivity contribution is 5.94. The molecule has 0 bridgehead atoms. The molecule has 5 heteroatoms. The van der Waals surface area contributed by atoms with Crippen molar-refractivity contribution in [1.82, 2.24) is 5.32 Å². The van der Waals surface area contributed by atoms with Crippen LogP contribution in [-0.2, 0) is 0 Å². The number of halogens is 1. The van der Waals surface area contributed by atoms with Crippen LogP contribution in [-0.4, -0.2) is 12.5 Å². The summed E-state index contributed by atoms with van der Waals surface area (Å²) >= 11 is 0. The van der Waals surface area contributed by atoms with Gasteiger partial charge in [-0.1, -0.05) is 13.3 Å². The zero-order valence-electron chi connectivity index (χ0n) is 9.00. The van der Waals surface area contributed by atoms with E-state index in [2.05, 4.69) is 10.5 Å². The lowest BCUT2D eigenvalue weighted by molar-refractivity contribution is 0.0953. The first-order valence-electron chi connectivity index (χ1n) is 5.10. The van der Waals surface area contributed by atoms with Crippen molar-refractivity contribution in [1.29, 1.82) is 0 Å². The first-order valence-corrected chi connectivity index (χ1v) is 5.10. The third kappa shape index (κ3) is 3.12. The van der Waals surface area contributed by atoms with Crippen LogP contribution in [0.25, 0.3) is 0 Å². The minimum atomic E-state index is -0.722. The van der Waals surface area contributed by atoms with Gasteiger partial charge in [-0.25, -0.2) is 4.39 Å². The third-order valence-electron chi connectivity index (χ3n) is 2.12. The van der Waals surface area contributed by atoms with Crippen molar-refractivity contribution in [2.45, 2.75) is 19.8 Å². The molecule has 0 saturated heterocycles. The van der Waals surface area contributed by atoms with E-state index in [4.69, 9.17) is 0 Å². The van der Waals surface area contributed by atoms with E-state index in [0.717, 1.165) is 25.0 Å². The molecule has 0 unspecified atom stereocenters. The number of nitroso groups, excluding NO2 is 1. The van der Waals surface area contributed by atoms with Gasteiger partial charge in [-0.2, -0.15) is 0 Å². The number of nitrogens with zero attached hydrogens (tertiary/aromatic N) is 1. The van der Waals surface area contributed by atoms with Crippen LogP contribution < -0.4 is 5.32 Å². The minimum absolute atomic E-state index is 0.243. The van der Waals surface area contributed by atoms with Gasteiger partial charge in [0, 0.05) is 12.1 Å². The second-order valence-corrected chi connectivity index (χ2v) is 3.37. The lowest BCUT2D eigenvalue weighted by Gasteiger charge is -2.04. The summed E-state index contributed by atoms with van der Waals surface area (Å²) in [4.78, 5) is 21.8. The van der Waals surface area contributed by atoms with Gasteiger partial charge in [0.1, 0.15) is 5.69 Å². The zero-order valence-corrected chi connectivity index (χ0v) is 9.00. The summed E-state index contributed by atoms with van der Waals surface area (Å²) in [6, 6.07) is 3.53. The summed E-state index contributed by atoms with van der Waals surface area (Å²) in [5, 5.41) is 5.17. The second-order valence-electron chi connectivity index (χ2n) is 3.37. The summed E-state index contributed by atoms with van der Waals surface area (Å²) in [6.07, 6.45) is 1.86. The fraction of sp³-hybridized carbons (Fsp3) is 0.364. The Bertz CT molecular complexity index is 394. The third-order valence-corrected chi connectivity index (χ3v) is 2.12. The number of carbonyl (C=O) groups excluding carboxylic acids is 1. The Balaban J connectivity index is 2.72. The number of nitrogens with one attached hydrogen (secondary N) is 1. The van der Waals surface area contributed by atoms with Gasteiger partial charge in [0.2, 0.25) is 0 Å². The Morgan fingerprint density at radius 2 is 2.25 bits per heavy atom. The van der Waals surface area contributed by atoms with Gasteiger partial charge < -0.3 is 5.32 Å². The summed E-state index contributed by atoms with van der Waals surface area (Å²) in [6.45, 7) is 2.58. The minimum Gasteiger partial charge on any atom is -0.352 e. The van der Waals surface area contributed by atoms with Crippen molar-refractivity contribution in [3.05, 3.63) is 34.5 Å². The van der Waals surface area contributed by atoms with Crippen molar-refractivity contribution < 1.29 is 9.18 Å². The summed E-state index contributed by atoms with van der Waals surface area (Å²) in [7, 11) is 0. The molecule has 0 saturated carbocycles. The number of benzene rings is 1. The van der Waals surface area contributed by atoms with Crippen molar-refractivity contribution in [3.63, 3.8) is 0 Å². The summed E-state index contributed by atoms with van der Waals surface area (Å²) in [5.74, 6) is -1.04. The molecule has 4 nitrogen and oxygen atoms in total. The van der Waals surface area contributed by atoms with Gasteiger partial charge in [-0.15, -0.1) is 4.91 Å². The van der Waals surface area contributed by atoms with Crippen LogP contribution >= 0.6 is 0 Å². The number of hydrogen-bond acceptors (Lipinski definition) is 3. The van der Waals surface area contributed by atoms with E-state index in [1.807, 2.05) is 6.92 Å². The standard InChI is InChI=1S/C11H13FN2O2/c1-2-3-6-13-11(15)8-4-5-9(12)10(7-8)14-16/h4-5,7H,2-3,6H2,1H3,(H,13,15). The van der Waals surface area contributed by atoms with Crippen molar-refractivity contribution in [2.24, 2.45) is 5.18 Å². The number of unbranched alkanes of at least 4 members (excludes halogenated alkanes) is 1. The van der Waals surface area contributed by atoms with Gasteiger partial charge >= 0.3 is 0 Å². The topological polar surface area (TPSA) is 58.5 Å². The van der Waals surface area contributed by atoms with E-state index in [1.165, 1.54) is 6.07 Å². The fourth-order valence-electron chi connectivity index (χ4n) is 1.20. The molecule has 0 heterocycles. The molecule has 1 rings (SSSR count). The van der Waals surface area contributed by atoms with E-state index >= 15 is 0 Å². The fourth-order valence-corrected chi connectivity index (χ4v) is 1.20. The van der Waals surface area contributed by atoms with Crippen LogP contribution in [0, 0.1) is 10.7 Å². The Hall–Kier alpha value is -1.78. The molecule has 0 radical (unpaired) electrons. The predicted octanol–water partition coefficient (Wildman–Crippen LogP) is 2.75. The maximum absolute atomic E-state index is 12.9. The lowest BCUT2D eigenvalue weighted by Crippen LogP contribution is -2.24. The maximum atomic E-state index is 12.9. The molecule has 0 aliphatic heterocycles. The molecule has 0 spiro atoms. The first-order chi connectivity index (χ1) is 7.69. The SMILES string of the molecule is CCCCNC(=O)c1ccc(F)c(N=O)c1. The van der Waals surface area contributed by atoms with Crippen molar-refractivity contribution >= 4 is 11.6 Å². The van der Waals surface area contributed by atoms with Crippen LogP contribution in [0.4, 0.5) is 10.1 Å². The van der Waals surface area contributed by atoms with Gasteiger partial charge in [0.15, 0.2) is 5.82 Å². The van der Waals surface area contributed by atoms with Gasteiger partial charge in [0.05, 0.1) is 0 Å². The smallest absolute Gasteiger partial charge is 0.251 e. The summed E-state index contributed by atoms with van der Waals surface area (Å²) in [5.41, 5.74) is -0.102. The first kappa shape index (κ1) is 12.3. The lowest BCUT2D eigenvalue weighted by atomic mass is 10.2. The molecule has 1 aromatic carbocycles. The molecule has 1 N–H and O–H groups in total. The highest BCUT2D eigenvalue weighted by Crippen LogP contribution is 2.18. The Kier molecular flexibility index (Phi) is 4.57. The molecule has 0 aromatic heterocycles. The average Bonchev–Trinajstić information content (AvgIpc) is 2.30. The number of hydrogen-bond donors (Lipinski definition) is 1. The molecule has 0 aliphatic rings. The van der Waals surface area contributed by atoms with E-state index in [0.29, 0.717) is 6.54 Å². The van der Waals surface area contributed by atoms with Crippen molar-refractivity contribution in [3.8, 4) is 0 Å². The monoisotopic (exact) mass is 224 g/mol. The Morgan fingerprint density at radius 3 is 2.88 bits per heavy atom. The second kappa shape index (κ2) is 5.95. The number of amides is 1. The highest BCUT2D eigenvalue weighted by Gasteiger charge is 2.09. The Labute approximate surface area is 92.8 Å². The molecule has 16 heavy (non-hydrogen) atoms. The molecule has 0 fully saturated rings. The Morgan fingerprint density at radius 1 is 1.50 bits per heavy atom. The quantitative estimate of drug-likeness (QED) is 0.617. The molecule has 0 aliphatic carbocycles. The van der Waals surface area contributed by atoms with E-state index in [-0.39, 0.29) is 17.2 Å². The molecule has 86 valence electrons. The van der Waals surface area contributed by atoms with Gasteiger partial charge in [-0.3, -0.25) is 4.79 Å². The molecule has 1 amide bonds. The summed E-state index contributed by atoms with van der Waals surface area (Å²) < 4.78 is 12.9. The van der Waals surface area contributed by atoms with Crippen LogP contribution in [0.5, 0.6) is 0 Å². The maximum Gasteiger partial charge on any atom is 0.251 e. The van der Waals surface area contributed by atoms with E-state index in [1.54, 1.807) is 0 Å². The van der Waals surface area contributed by atoms with E-state index < -0.39 is 5.82 Å². The van der Waals surface area contributed by atoms with Gasteiger partial charge in [0.25, 0.3) is 5.91 Å². The molecular formula is C11H13FN2O2. The molecular weight excluding hydrogens is 211 g/mol. The van der Waals surface area contributed by atoms with Crippen molar-refractivity contribution in [2.75, 3.05) is 6.54 Å². The van der Waals surface area contributed by atoms with Crippen LogP contribution in [0.15, 0.2) is 23.4 Å². The molecule has 0 atom stereocenters. The van der Waals surface area contributed by atoms with Crippen LogP contribution in [0.1, 0.15) is 30.1 Å². The van der Waals surface area contributed by atoms with Crippen LogP contribution in [0.3, 0.4) is 0 Å². The normalized spacial score (nSPS) is 9.88. The van der Waals surface area contributed by atoms with Crippen LogP contribution in [0.2, 0.25) is 0 Å². The predicted molar refractivity (Wildman–Crippen MR) is 59.1 cm³/mol. The largest absolute Gasteiger partial charge is 0.352 e. The van der Waals surface area contributed by atoms with Gasteiger partial charge in [-0.05, 0) is 29.8 Å². The average molecular weight is 224 g/mol. The van der Waals surface area contributed by atoms with E-state index in [9.17, 15) is 14.1 Å². The zero-order chi connectivity index (χ0) is 12.0. The molecule has 1 aromatic rings. The number of carbonyl (C=O) groups is 1. The highest BCUT2D eigenvalue weighted by atomic mass is 19.1.